The second-order valence-corrected chi connectivity index (χ2v) is 4.85. The minimum Gasteiger partial charge on any atom is -0.508 e. The van der Waals surface area contributed by atoms with Crippen molar-refractivity contribution in [3.05, 3.63) is 47.5 Å². The monoisotopic (exact) mass is 240 g/mol. The highest BCUT2D eigenvalue weighted by atomic mass is 16.3. The Bertz CT molecular complexity index is 570. The Balaban J connectivity index is 2.18. The van der Waals surface area contributed by atoms with E-state index >= 15 is 0 Å². The largest absolute Gasteiger partial charge is 0.508 e. The van der Waals surface area contributed by atoms with Crippen LogP contribution in [0.3, 0.4) is 0 Å². The second kappa shape index (κ2) is 4.37. The van der Waals surface area contributed by atoms with Crippen molar-refractivity contribution in [3.8, 4) is 22.6 Å². The number of aryl methyl sites for hydroxylation is 1. The van der Waals surface area contributed by atoms with Crippen molar-refractivity contribution in [3.63, 3.8) is 0 Å². The normalized spacial score (nSPS) is 14.2. The van der Waals surface area contributed by atoms with Crippen molar-refractivity contribution in [2.75, 3.05) is 0 Å². The van der Waals surface area contributed by atoms with Gasteiger partial charge in [-0.3, -0.25) is 0 Å². The van der Waals surface area contributed by atoms with Crippen LogP contribution in [0, 0.1) is 0 Å². The number of rotatable bonds is 1. The van der Waals surface area contributed by atoms with Crippen LogP contribution in [0.5, 0.6) is 11.5 Å². The molecule has 0 amide bonds. The average molecular weight is 240 g/mol. The van der Waals surface area contributed by atoms with E-state index in [4.69, 9.17) is 0 Å². The summed E-state index contributed by atoms with van der Waals surface area (Å²) in [4.78, 5) is 0. The molecule has 2 heteroatoms. The smallest absolute Gasteiger partial charge is 0.123 e. The van der Waals surface area contributed by atoms with Gasteiger partial charge >= 0.3 is 0 Å². The van der Waals surface area contributed by atoms with Crippen LogP contribution in [-0.4, -0.2) is 10.2 Å². The van der Waals surface area contributed by atoms with E-state index in [1.54, 1.807) is 18.2 Å². The van der Waals surface area contributed by atoms with Crippen LogP contribution in [0.4, 0.5) is 0 Å². The van der Waals surface area contributed by atoms with E-state index in [1.807, 2.05) is 18.2 Å². The molecule has 92 valence electrons. The number of phenolic OH excluding ortho intramolecular Hbond substituents is 2. The fraction of sp³-hybridized carbons (Fsp3) is 0.250. The molecule has 0 unspecified atom stereocenters. The highest BCUT2D eigenvalue weighted by molar-refractivity contribution is 5.75. The van der Waals surface area contributed by atoms with Crippen LogP contribution in [0.2, 0.25) is 0 Å². The van der Waals surface area contributed by atoms with Crippen LogP contribution in [0.1, 0.15) is 24.0 Å². The molecular weight excluding hydrogens is 224 g/mol. The first kappa shape index (κ1) is 11.1. The summed E-state index contributed by atoms with van der Waals surface area (Å²) in [7, 11) is 0. The molecule has 0 fully saturated rings. The molecule has 0 heterocycles. The molecule has 0 aliphatic heterocycles. The van der Waals surface area contributed by atoms with Gasteiger partial charge in [-0.1, -0.05) is 18.2 Å². The van der Waals surface area contributed by atoms with E-state index in [0.717, 1.165) is 24.0 Å². The maximum absolute atomic E-state index is 10.1. The van der Waals surface area contributed by atoms with Gasteiger partial charge in [0.05, 0.1) is 0 Å². The third kappa shape index (κ3) is 1.84. The summed E-state index contributed by atoms with van der Waals surface area (Å²) in [6, 6.07) is 10.9. The zero-order valence-corrected chi connectivity index (χ0v) is 10.2. The molecule has 2 aromatic rings. The van der Waals surface area contributed by atoms with Crippen molar-refractivity contribution in [1.82, 2.24) is 0 Å². The quantitative estimate of drug-likeness (QED) is 0.798. The van der Waals surface area contributed by atoms with E-state index < -0.39 is 0 Å². The van der Waals surface area contributed by atoms with Crippen LogP contribution in [0.25, 0.3) is 11.1 Å². The summed E-state index contributed by atoms with van der Waals surface area (Å²) in [5.74, 6) is 0.587. The van der Waals surface area contributed by atoms with Crippen molar-refractivity contribution in [2.24, 2.45) is 0 Å². The molecule has 0 spiro atoms. The first-order valence-electron chi connectivity index (χ1n) is 6.39. The molecule has 0 radical (unpaired) electrons. The summed E-state index contributed by atoms with van der Waals surface area (Å²) < 4.78 is 0. The Morgan fingerprint density at radius 2 is 1.50 bits per heavy atom. The van der Waals surface area contributed by atoms with Crippen molar-refractivity contribution in [2.45, 2.75) is 25.7 Å². The fourth-order valence-electron chi connectivity index (χ4n) is 2.77. The maximum Gasteiger partial charge on any atom is 0.123 e. The summed E-state index contributed by atoms with van der Waals surface area (Å²) in [6.07, 6.45) is 4.54. The minimum absolute atomic E-state index is 0.253. The molecule has 3 rings (SSSR count). The van der Waals surface area contributed by atoms with Gasteiger partial charge in [-0.05, 0) is 60.6 Å². The standard InChI is InChI=1S/C16H16O2/c17-13-8-5-12(6-9-13)16-14-4-2-1-3-11(14)7-10-15(16)18/h5-10,17-18H,1-4H2. The van der Waals surface area contributed by atoms with Gasteiger partial charge in [0.2, 0.25) is 0 Å². The topological polar surface area (TPSA) is 40.5 Å². The summed E-state index contributed by atoms with van der Waals surface area (Å²) in [5.41, 5.74) is 4.53. The molecule has 2 aromatic carbocycles. The maximum atomic E-state index is 10.1. The predicted octanol–water partition coefficient (Wildman–Crippen LogP) is 3.64. The van der Waals surface area contributed by atoms with E-state index in [9.17, 15) is 10.2 Å². The van der Waals surface area contributed by atoms with Gasteiger partial charge in [0.25, 0.3) is 0 Å². The molecular formula is C16H16O2. The van der Waals surface area contributed by atoms with E-state index in [-0.39, 0.29) is 5.75 Å². The highest BCUT2D eigenvalue weighted by Gasteiger charge is 2.17. The summed E-state index contributed by atoms with van der Waals surface area (Å²) >= 11 is 0. The van der Waals surface area contributed by atoms with Crippen molar-refractivity contribution >= 4 is 0 Å². The number of benzene rings is 2. The number of phenols is 2. The third-order valence-corrected chi connectivity index (χ3v) is 3.67. The van der Waals surface area contributed by atoms with Crippen molar-refractivity contribution in [1.29, 1.82) is 0 Å². The van der Waals surface area contributed by atoms with Gasteiger partial charge < -0.3 is 10.2 Å². The Hall–Kier alpha value is -1.96. The number of fused-ring (bicyclic) bond motifs is 1. The molecule has 0 bridgehead atoms. The Morgan fingerprint density at radius 3 is 2.28 bits per heavy atom. The molecule has 1 aliphatic rings. The molecule has 0 saturated carbocycles. The Kier molecular flexibility index (Phi) is 2.71. The fourth-order valence-corrected chi connectivity index (χ4v) is 2.77. The number of hydrogen-bond acceptors (Lipinski definition) is 2. The molecule has 0 aromatic heterocycles. The second-order valence-electron chi connectivity index (χ2n) is 4.85. The van der Waals surface area contributed by atoms with Crippen LogP contribution in [0.15, 0.2) is 36.4 Å². The van der Waals surface area contributed by atoms with Gasteiger partial charge in [0.1, 0.15) is 11.5 Å². The number of hydrogen-bond donors (Lipinski definition) is 2. The molecule has 0 saturated heterocycles. The first-order valence-corrected chi connectivity index (χ1v) is 6.39. The van der Waals surface area contributed by atoms with Gasteiger partial charge in [-0.15, -0.1) is 0 Å². The molecule has 18 heavy (non-hydrogen) atoms. The first-order chi connectivity index (χ1) is 8.75. The lowest BCUT2D eigenvalue weighted by Gasteiger charge is -2.20. The average Bonchev–Trinajstić information content (AvgIpc) is 2.40. The molecule has 2 N–H and O–H groups in total. The molecule has 2 nitrogen and oxygen atoms in total. The molecule has 0 atom stereocenters. The Labute approximate surface area is 107 Å². The Morgan fingerprint density at radius 1 is 0.778 bits per heavy atom. The number of aromatic hydroxyl groups is 2. The predicted molar refractivity (Wildman–Crippen MR) is 71.8 cm³/mol. The zero-order valence-electron chi connectivity index (χ0n) is 10.2. The highest BCUT2D eigenvalue weighted by Crippen LogP contribution is 2.38. The van der Waals surface area contributed by atoms with Crippen LogP contribution < -0.4 is 0 Å². The van der Waals surface area contributed by atoms with Crippen LogP contribution >= 0.6 is 0 Å². The lowest BCUT2D eigenvalue weighted by atomic mass is 9.85. The lowest BCUT2D eigenvalue weighted by molar-refractivity contribution is 0.473. The van der Waals surface area contributed by atoms with Gasteiger partial charge in [0.15, 0.2) is 0 Å². The van der Waals surface area contributed by atoms with Gasteiger partial charge in [-0.25, -0.2) is 0 Å². The third-order valence-electron chi connectivity index (χ3n) is 3.67. The molecule has 1 aliphatic carbocycles. The van der Waals surface area contributed by atoms with Gasteiger partial charge in [-0.2, -0.15) is 0 Å². The SMILES string of the molecule is Oc1ccc(-c2c(O)ccc3c2CCCC3)cc1. The van der Waals surface area contributed by atoms with E-state index in [0.29, 0.717) is 5.75 Å². The van der Waals surface area contributed by atoms with E-state index in [1.165, 1.54) is 24.0 Å². The zero-order chi connectivity index (χ0) is 12.5. The minimum atomic E-state index is 0.253. The summed E-state index contributed by atoms with van der Waals surface area (Å²) in [5, 5.41) is 19.5. The van der Waals surface area contributed by atoms with E-state index in [2.05, 4.69) is 0 Å². The van der Waals surface area contributed by atoms with Crippen LogP contribution in [-0.2, 0) is 12.8 Å². The lowest BCUT2D eigenvalue weighted by Crippen LogP contribution is -2.04. The van der Waals surface area contributed by atoms with Crippen molar-refractivity contribution < 1.29 is 10.2 Å². The summed E-state index contributed by atoms with van der Waals surface area (Å²) in [6.45, 7) is 0. The van der Waals surface area contributed by atoms with Gasteiger partial charge in [0, 0.05) is 5.56 Å².